The van der Waals surface area contributed by atoms with Crippen molar-refractivity contribution < 1.29 is 5.11 Å². The molecule has 0 spiro atoms. The van der Waals surface area contributed by atoms with Gasteiger partial charge in [0.1, 0.15) is 0 Å². The fourth-order valence-corrected chi connectivity index (χ4v) is 2.05. The second-order valence-electron chi connectivity index (χ2n) is 4.17. The van der Waals surface area contributed by atoms with Gasteiger partial charge in [-0.3, -0.25) is 0 Å². The summed E-state index contributed by atoms with van der Waals surface area (Å²) in [7, 11) is 0. The van der Waals surface area contributed by atoms with Crippen LogP contribution in [-0.2, 0) is 6.42 Å². The SMILES string of the molecule is CC(O)C(C)(CN)CCc1ccsc1. The maximum Gasteiger partial charge on any atom is 0.0577 e. The Hall–Kier alpha value is -0.380. The highest BCUT2D eigenvalue weighted by Gasteiger charge is 2.27. The van der Waals surface area contributed by atoms with Crippen LogP contribution in [0.5, 0.6) is 0 Å². The van der Waals surface area contributed by atoms with E-state index in [1.165, 1.54) is 5.56 Å². The predicted octanol–water partition coefficient (Wildman–Crippen LogP) is 2.03. The van der Waals surface area contributed by atoms with E-state index in [0.717, 1.165) is 12.8 Å². The Morgan fingerprint density at radius 3 is 2.79 bits per heavy atom. The highest BCUT2D eigenvalue weighted by molar-refractivity contribution is 7.07. The molecule has 3 heteroatoms. The standard InChI is InChI=1S/C11H19NOS/c1-9(13)11(2,8-12)5-3-10-4-6-14-7-10/h4,6-7,9,13H,3,5,8,12H2,1-2H3. The number of thiophene rings is 1. The summed E-state index contributed by atoms with van der Waals surface area (Å²) in [5.41, 5.74) is 6.88. The molecule has 80 valence electrons. The number of hydrogen-bond donors (Lipinski definition) is 2. The molecular formula is C11H19NOS. The lowest BCUT2D eigenvalue weighted by Gasteiger charge is -2.31. The summed E-state index contributed by atoms with van der Waals surface area (Å²) in [6, 6.07) is 2.13. The molecule has 2 nitrogen and oxygen atoms in total. The third-order valence-corrected chi connectivity index (χ3v) is 3.77. The number of aliphatic hydroxyl groups is 1. The van der Waals surface area contributed by atoms with Gasteiger partial charge in [0.25, 0.3) is 0 Å². The van der Waals surface area contributed by atoms with Crippen molar-refractivity contribution in [2.24, 2.45) is 11.1 Å². The lowest BCUT2D eigenvalue weighted by molar-refractivity contribution is 0.0523. The molecule has 0 aromatic carbocycles. The monoisotopic (exact) mass is 213 g/mol. The molecule has 1 aromatic rings. The molecule has 0 aliphatic carbocycles. The average Bonchev–Trinajstić information content (AvgIpc) is 2.66. The first-order chi connectivity index (χ1) is 6.58. The molecule has 3 N–H and O–H groups in total. The Labute approximate surface area is 89.8 Å². The fraction of sp³-hybridized carbons (Fsp3) is 0.636. The van der Waals surface area contributed by atoms with Crippen LogP contribution in [0.1, 0.15) is 25.8 Å². The predicted molar refractivity (Wildman–Crippen MR) is 61.5 cm³/mol. The van der Waals surface area contributed by atoms with Crippen LogP contribution in [0, 0.1) is 5.41 Å². The van der Waals surface area contributed by atoms with Crippen LogP contribution in [0.25, 0.3) is 0 Å². The van der Waals surface area contributed by atoms with Crippen LogP contribution in [-0.4, -0.2) is 17.8 Å². The summed E-state index contributed by atoms with van der Waals surface area (Å²) in [5.74, 6) is 0. The molecule has 1 rings (SSSR count). The maximum absolute atomic E-state index is 9.62. The van der Waals surface area contributed by atoms with Gasteiger partial charge in [0.2, 0.25) is 0 Å². The van der Waals surface area contributed by atoms with Gasteiger partial charge in [-0.15, -0.1) is 0 Å². The summed E-state index contributed by atoms with van der Waals surface area (Å²) in [4.78, 5) is 0. The van der Waals surface area contributed by atoms with Crippen LogP contribution in [0.4, 0.5) is 0 Å². The van der Waals surface area contributed by atoms with E-state index in [1.54, 1.807) is 11.3 Å². The second kappa shape index (κ2) is 4.91. The average molecular weight is 213 g/mol. The van der Waals surface area contributed by atoms with E-state index < -0.39 is 0 Å². The van der Waals surface area contributed by atoms with E-state index in [0.29, 0.717) is 6.54 Å². The molecule has 2 unspecified atom stereocenters. The molecule has 0 aliphatic heterocycles. The lowest BCUT2D eigenvalue weighted by atomic mass is 9.80. The molecule has 0 radical (unpaired) electrons. The summed E-state index contributed by atoms with van der Waals surface area (Å²) >= 11 is 1.71. The van der Waals surface area contributed by atoms with E-state index >= 15 is 0 Å². The summed E-state index contributed by atoms with van der Waals surface area (Å²) in [6.07, 6.45) is 1.60. The number of aryl methyl sites for hydroxylation is 1. The van der Waals surface area contributed by atoms with Gasteiger partial charge in [-0.25, -0.2) is 0 Å². The molecule has 0 aliphatic rings. The summed E-state index contributed by atoms with van der Waals surface area (Å²) in [5, 5.41) is 13.9. The number of rotatable bonds is 5. The van der Waals surface area contributed by atoms with Crippen molar-refractivity contribution >= 4 is 11.3 Å². The third-order valence-electron chi connectivity index (χ3n) is 3.04. The molecule has 1 heterocycles. The Morgan fingerprint density at radius 1 is 1.64 bits per heavy atom. The molecule has 0 saturated heterocycles. The molecule has 0 bridgehead atoms. The molecule has 0 saturated carbocycles. The van der Waals surface area contributed by atoms with E-state index in [1.807, 2.05) is 13.8 Å². The van der Waals surface area contributed by atoms with Crippen molar-refractivity contribution in [3.8, 4) is 0 Å². The first kappa shape index (κ1) is 11.7. The topological polar surface area (TPSA) is 46.2 Å². The van der Waals surface area contributed by atoms with Crippen molar-refractivity contribution in [2.75, 3.05) is 6.54 Å². The van der Waals surface area contributed by atoms with Crippen molar-refractivity contribution in [3.63, 3.8) is 0 Å². The largest absolute Gasteiger partial charge is 0.393 e. The Bertz CT molecular complexity index is 258. The Kier molecular flexibility index (Phi) is 4.11. The first-order valence-corrected chi connectivity index (χ1v) is 5.92. The van der Waals surface area contributed by atoms with Crippen LogP contribution < -0.4 is 5.73 Å². The summed E-state index contributed by atoms with van der Waals surface area (Å²) in [6.45, 7) is 4.40. The van der Waals surface area contributed by atoms with Gasteiger partial charge in [-0.05, 0) is 42.2 Å². The van der Waals surface area contributed by atoms with Gasteiger partial charge in [-0.1, -0.05) is 6.92 Å². The van der Waals surface area contributed by atoms with Crippen LogP contribution >= 0.6 is 11.3 Å². The van der Waals surface area contributed by atoms with Gasteiger partial charge < -0.3 is 10.8 Å². The smallest absolute Gasteiger partial charge is 0.0577 e. The van der Waals surface area contributed by atoms with Crippen LogP contribution in [0.15, 0.2) is 16.8 Å². The normalized spacial score (nSPS) is 17.7. The maximum atomic E-state index is 9.62. The van der Waals surface area contributed by atoms with Gasteiger partial charge in [0.05, 0.1) is 6.10 Å². The highest BCUT2D eigenvalue weighted by Crippen LogP contribution is 2.27. The van der Waals surface area contributed by atoms with Crippen molar-refractivity contribution in [3.05, 3.63) is 22.4 Å². The van der Waals surface area contributed by atoms with Crippen molar-refractivity contribution in [1.29, 1.82) is 0 Å². The fourth-order valence-electron chi connectivity index (χ4n) is 1.35. The van der Waals surface area contributed by atoms with E-state index in [9.17, 15) is 5.11 Å². The molecule has 2 atom stereocenters. The zero-order valence-electron chi connectivity index (χ0n) is 8.86. The molecule has 0 fully saturated rings. The lowest BCUT2D eigenvalue weighted by Crippen LogP contribution is -2.37. The quantitative estimate of drug-likeness (QED) is 0.786. The van der Waals surface area contributed by atoms with E-state index in [-0.39, 0.29) is 11.5 Å². The van der Waals surface area contributed by atoms with Gasteiger partial charge in [-0.2, -0.15) is 11.3 Å². The van der Waals surface area contributed by atoms with Crippen LogP contribution in [0.2, 0.25) is 0 Å². The first-order valence-electron chi connectivity index (χ1n) is 4.98. The second-order valence-corrected chi connectivity index (χ2v) is 4.95. The minimum absolute atomic E-state index is 0.151. The minimum atomic E-state index is -0.342. The molecular weight excluding hydrogens is 194 g/mol. The highest BCUT2D eigenvalue weighted by atomic mass is 32.1. The molecule has 1 aromatic heterocycles. The minimum Gasteiger partial charge on any atom is -0.393 e. The molecule has 0 amide bonds. The number of aliphatic hydroxyl groups excluding tert-OH is 1. The molecule has 14 heavy (non-hydrogen) atoms. The van der Waals surface area contributed by atoms with Gasteiger partial charge in [0, 0.05) is 12.0 Å². The Balaban J connectivity index is 2.50. The van der Waals surface area contributed by atoms with Crippen LogP contribution in [0.3, 0.4) is 0 Å². The summed E-state index contributed by atoms with van der Waals surface area (Å²) < 4.78 is 0. The zero-order valence-corrected chi connectivity index (χ0v) is 9.68. The van der Waals surface area contributed by atoms with Crippen molar-refractivity contribution in [1.82, 2.24) is 0 Å². The number of hydrogen-bond acceptors (Lipinski definition) is 3. The zero-order chi connectivity index (χ0) is 10.6. The van der Waals surface area contributed by atoms with E-state index in [2.05, 4.69) is 16.8 Å². The Morgan fingerprint density at radius 2 is 2.36 bits per heavy atom. The van der Waals surface area contributed by atoms with Crippen molar-refractivity contribution in [2.45, 2.75) is 32.8 Å². The third kappa shape index (κ3) is 2.80. The van der Waals surface area contributed by atoms with Gasteiger partial charge >= 0.3 is 0 Å². The van der Waals surface area contributed by atoms with Gasteiger partial charge in [0.15, 0.2) is 0 Å². The van der Waals surface area contributed by atoms with E-state index in [4.69, 9.17) is 5.73 Å². The number of nitrogens with two attached hydrogens (primary N) is 1.